The molecule has 9 heteroatoms. The van der Waals surface area contributed by atoms with Gasteiger partial charge in [-0.25, -0.2) is 21.6 Å². The van der Waals surface area contributed by atoms with Crippen molar-refractivity contribution < 1.29 is 16.8 Å². The van der Waals surface area contributed by atoms with Crippen LogP contribution in [-0.2, 0) is 20.0 Å². The van der Waals surface area contributed by atoms with Gasteiger partial charge in [0.1, 0.15) is 0 Å². The van der Waals surface area contributed by atoms with Gasteiger partial charge in [0.2, 0.25) is 20.0 Å². The molecule has 1 heterocycles. The summed E-state index contributed by atoms with van der Waals surface area (Å²) < 4.78 is 51.9. The first-order valence-electron chi connectivity index (χ1n) is 8.90. The van der Waals surface area contributed by atoms with Crippen LogP contribution < -0.4 is 4.72 Å². The number of nitrogens with zero attached hydrogens (tertiary/aromatic N) is 2. The highest BCUT2D eigenvalue weighted by Crippen LogP contribution is 2.20. The lowest BCUT2D eigenvalue weighted by molar-refractivity contribution is 0.192. The van der Waals surface area contributed by atoms with Crippen molar-refractivity contribution in [3.63, 3.8) is 0 Å². The first-order valence-corrected chi connectivity index (χ1v) is 12.2. The molecule has 7 nitrogen and oxygen atoms in total. The van der Waals surface area contributed by atoms with Gasteiger partial charge in [0.15, 0.2) is 0 Å². The minimum atomic E-state index is -3.53. The van der Waals surface area contributed by atoms with Gasteiger partial charge in [0, 0.05) is 39.3 Å². The quantitative estimate of drug-likeness (QED) is 0.701. The third kappa shape index (κ3) is 5.75. The van der Waals surface area contributed by atoms with E-state index < -0.39 is 20.0 Å². The number of piperazine rings is 1. The molecule has 1 aromatic carbocycles. The molecule has 0 amide bonds. The van der Waals surface area contributed by atoms with Crippen LogP contribution in [0.15, 0.2) is 29.2 Å². The molecule has 0 spiro atoms. The van der Waals surface area contributed by atoms with Gasteiger partial charge in [0.05, 0.1) is 11.2 Å². The number of rotatable bonds is 8. The fraction of sp³-hybridized carbons (Fsp3) is 0.647. The molecule has 1 N–H and O–H groups in total. The first kappa shape index (κ1) is 21.3. The van der Waals surface area contributed by atoms with Crippen molar-refractivity contribution in [3.8, 4) is 0 Å². The van der Waals surface area contributed by atoms with Gasteiger partial charge in [-0.15, -0.1) is 0 Å². The third-order valence-electron chi connectivity index (χ3n) is 4.89. The summed E-state index contributed by atoms with van der Waals surface area (Å²) in [5.74, 6) is 0.408. The molecule has 1 aliphatic rings. The first-order chi connectivity index (χ1) is 12.1. The highest BCUT2D eigenvalue weighted by molar-refractivity contribution is 7.89. The van der Waals surface area contributed by atoms with Crippen molar-refractivity contribution >= 4 is 20.0 Å². The van der Waals surface area contributed by atoms with Gasteiger partial charge in [0.25, 0.3) is 0 Å². The Kier molecular flexibility index (Phi) is 7.20. The molecule has 1 aliphatic heterocycles. The molecule has 26 heavy (non-hydrogen) atoms. The Morgan fingerprint density at radius 3 is 2.12 bits per heavy atom. The van der Waals surface area contributed by atoms with E-state index in [0.717, 1.165) is 12.0 Å². The maximum atomic E-state index is 12.4. The number of hydrogen-bond donors (Lipinski definition) is 1. The lowest BCUT2D eigenvalue weighted by Crippen LogP contribution is -2.49. The molecule has 1 atom stereocenters. The largest absolute Gasteiger partial charge is 0.299 e. The van der Waals surface area contributed by atoms with Gasteiger partial charge >= 0.3 is 0 Å². The summed E-state index contributed by atoms with van der Waals surface area (Å²) in [5.41, 5.74) is 1.13. The molecule has 0 unspecified atom stereocenters. The van der Waals surface area contributed by atoms with Crippen molar-refractivity contribution in [2.45, 2.75) is 31.1 Å². The van der Waals surface area contributed by atoms with Crippen LogP contribution in [0.25, 0.3) is 0 Å². The van der Waals surface area contributed by atoms with Crippen molar-refractivity contribution in [2.24, 2.45) is 0 Å². The lowest BCUT2D eigenvalue weighted by atomic mass is 9.99. The van der Waals surface area contributed by atoms with Crippen LogP contribution in [0.1, 0.15) is 31.7 Å². The Morgan fingerprint density at radius 1 is 1.04 bits per heavy atom. The van der Waals surface area contributed by atoms with Crippen molar-refractivity contribution in [1.82, 2.24) is 13.9 Å². The van der Waals surface area contributed by atoms with E-state index in [9.17, 15) is 16.8 Å². The van der Waals surface area contributed by atoms with Crippen LogP contribution in [-0.4, -0.2) is 71.6 Å². The molecular weight excluding hydrogens is 374 g/mol. The van der Waals surface area contributed by atoms with Crippen LogP contribution in [0.5, 0.6) is 0 Å². The summed E-state index contributed by atoms with van der Waals surface area (Å²) >= 11 is 0. The molecule has 0 bridgehead atoms. The number of benzene rings is 1. The Labute approximate surface area is 157 Å². The molecule has 0 aliphatic carbocycles. The lowest BCUT2D eigenvalue weighted by Gasteiger charge is -2.33. The standard InChI is InChI=1S/C17H29N3O4S2/c1-4-15(2)16-5-7-17(8-6-16)26(23,24)18-9-10-19-11-13-20(14-12-19)25(3,21)22/h5-8,15,18H,4,9-14H2,1-3H3/t15-/m0/s1. The van der Waals surface area contributed by atoms with Crippen LogP contribution in [0.4, 0.5) is 0 Å². The summed E-state index contributed by atoms with van der Waals surface area (Å²) in [7, 11) is -6.67. The maximum Gasteiger partial charge on any atom is 0.240 e. The Bertz CT molecular complexity index is 784. The van der Waals surface area contributed by atoms with Gasteiger partial charge < -0.3 is 0 Å². The van der Waals surface area contributed by atoms with E-state index in [1.807, 2.05) is 12.1 Å². The zero-order chi connectivity index (χ0) is 19.4. The highest BCUT2D eigenvalue weighted by Gasteiger charge is 2.23. The predicted molar refractivity (Wildman–Crippen MR) is 103 cm³/mol. The normalized spacial score (nSPS) is 18.7. The van der Waals surface area contributed by atoms with Crippen LogP contribution in [0.2, 0.25) is 0 Å². The molecule has 148 valence electrons. The zero-order valence-corrected chi connectivity index (χ0v) is 17.3. The minimum absolute atomic E-state index is 0.270. The van der Waals surface area contributed by atoms with E-state index in [4.69, 9.17) is 0 Å². The number of sulfonamides is 2. The summed E-state index contributed by atoms with van der Waals surface area (Å²) in [4.78, 5) is 2.34. The molecule has 1 aromatic rings. The van der Waals surface area contributed by atoms with E-state index in [2.05, 4.69) is 23.5 Å². The van der Waals surface area contributed by atoms with Gasteiger partial charge in [-0.2, -0.15) is 4.31 Å². The molecule has 0 saturated carbocycles. The highest BCUT2D eigenvalue weighted by atomic mass is 32.2. The topological polar surface area (TPSA) is 86.8 Å². The number of hydrogen-bond acceptors (Lipinski definition) is 5. The average molecular weight is 404 g/mol. The average Bonchev–Trinajstić information content (AvgIpc) is 2.60. The van der Waals surface area contributed by atoms with Gasteiger partial charge in [-0.1, -0.05) is 26.0 Å². The minimum Gasteiger partial charge on any atom is -0.299 e. The Balaban J connectivity index is 1.83. The fourth-order valence-corrected chi connectivity index (χ4v) is 4.77. The molecule has 0 radical (unpaired) electrons. The fourth-order valence-electron chi connectivity index (χ4n) is 2.92. The SMILES string of the molecule is CC[C@H](C)c1ccc(S(=O)(=O)NCCN2CCN(S(C)(=O)=O)CC2)cc1. The van der Waals surface area contributed by atoms with E-state index in [-0.39, 0.29) is 4.90 Å². The Hall–Kier alpha value is -1.00. The Morgan fingerprint density at radius 2 is 1.62 bits per heavy atom. The second-order valence-corrected chi connectivity index (χ2v) is 10.5. The van der Waals surface area contributed by atoms with Crippen LogP contribution in [0.3, 0.4) is 0 Å². The zero-order valence-electron chi connectivity index (χ0n) is 15.7. The van der Waals surface area contributed by atoms with E-state index in [1.54, 1.807) is 12.1 Å². The van der Waals surface area contributed by atoms with Crippen molar-refractivity contribution in [3.05, 3.63) is 29.8 Å². The third-order valence-corrected chi connectivity index (χ3v) is 7.67. The van der Waals surface area contributed by atoms with Crippen molar-refractivity contribution in [2.75, 3.05) is 45.5 Å². The number of nitrogens with one attached hydrogen (secondary N) is 1. The predicted octanol–water partition coefficient (Wildman–Crippen LogP) is 1.06. The van der Waals surface area contributed by atoms with Gasteiger partial charge in [-0.05, 0) is 30.0 Å². The molecule has 1 fully saturated rings. The van der Waals surface area contributed by atoms with E-state index in [0.29, 0.717) is 45.2 Å². The van der Waals surface area contributed by atoms with Gasteiger partial charge in [-0.3, -0.25) is 4.90 Å². The van der Waals surface area contributed by atoms with Crippen molar-refractivity contribution in [1.29, 1.82) is 0 Å². The van der Waals surface area contributed by atoms with E-state index in [1.165, 1.54) is 10.6 Å². The van der Waals surface area contributed by atoms with Crippen LogP contribution in [0, 0.1) is 0 Å². The monoisotopic (exact) mass is 403 g/mol. The van der Waals surface area contributed by atoms with E-state index >= 15 is 0 Å². The smallest absolute Gasteiger partial charge is 0.240 e. The molecule has 0 aromatic heterocycles. The summed E-state index contributed by atoms with van der Waals surface area (Å²) in [6, 6.07) is 7.03. The second-order valence-electron chi connectivity index (χ2n) is 6.78. The molecule has 2 rings (SSSR count). The molecular formula is C17H29N3O4S2. The summed E-state index contributed by atoms with van der Waals surface area (Å²) in [5, 5.41) is 0. The second kappa shape index (κ2) is 8.79. The summed E-state index contributed by atoms with van der Waals surface area (Å²) in [6.07, 6.45) is 2.22. The summed E-state index contributed by atoms with van der Waals surface area (Å²) in [6.45, 7) is 7.19. The maximum absolute atomic E-state index is 12.4. The van der Waals surface area contributed by atoms with Crippen LogP contribution >= 0.6 is 0 Å². The molecule has 1 saturated heterocycles.